The molecule has 2 aliphatic carbocycles. The summed E-state index contributed by atoms with van der Waals surface area (Å²) in [5.41, 5.74) is 12.5. The van der Waals surface area contributed by atoms with Gasteiger partial charge in [0.15, 0.2) is 0 Å². The van der Waals surface area contributed by atoms with E-state index in [9.17, 15) is 4.79 Å². The van der Waals surface area contributed by atoms with Crippen LogP contribution >= 0.6 is 0 Å². The number of hydrogen-bond donors (Lipinski definition) is 1. The molecule has 2 aliphatic rings. The highest BCUT2D eigenvalue weighted by molar-refractivity contribution is 5.51. The van der Waals surface area contributed by atoms with Crippen LogP contribution in [-0.2, 0) is 12.0 Å². The molecule has 2 atom stereocenters. The number of nitrogens with one attached hydrogen (secondary N) is 2. The average molecular weight is 241 g/mol. The van der Waals surface area contributed by atoms with Gasteiger partial charge >= 0.3 is 0 Å². The first-order chi connectivity index (χ1) is 8.54. The Morgan fingerprint density at radius 2 is 2.28 bits per heavy atom. The molecule has 1 aromatic rings. The third kappa shape index (κ3) is 1.44. The summed E-state index contributed by atoms with van der Waals surface area (Å²) in [6, 6.07) is 3.37. The summed E-state index contributed by atoms with van der Waals surface area (Å²) in [5.74, 6) is 0.270. The molecule has 1 aromatic heterocycles. The summed E-state index contributed by atoms with van der Waals surface area (Å²) < 4.78 is 0. The van der Waals surface area contributed by atoms with Crippen molar-refractivity contribution in [3.63, 3.8) is 0 Å². The summed E-state index contributed by atoms with van der Waals surface area (Å²) in [6.45, 7) is 4.11. The number of fused-ring (bicyclic) bond motifs is 4. The Hall–Kier alpha value is -1.61. The van der Waals surface area contributed by atoms with E-state index in [1.54, 1.807) is 0 Å². The predicted molar refractivity (Wildman–Crippen MR) is 72.4 cm³/mol. The summed E-state index contributed by atoms with van der Waals surface area (Å²) >= 11 is 0. The Morgan fingerprint density at radius 3 is 3.00 bits per heavy atom. The van der Waals surface area contributed by atoms with Gasteiger partial charge in [-0.15, -0.1) is 0 Å². The van der Waals surface area contributed by atoms with Crippen LogP contribution in [0.4, 0.5) is 0 Å². The van der Waals surface area contributed by atoms with Crippen molar-refractivity contribution >= 4 is 0 Å². The first kappa shape index (κ1) is 11.5. The number of aromatic nitrogens is 1. The van der Waals surface area contributed by atoms with Gasteiger partial charge < -0.3 is 10.7 Å². The van der Waals surface area contributed by atoms with Crippen molar-refractivity contribution in [2.24, 2.45) is 5.92 Å². The van der Waals surface area contributed by atoms with Crippen molar-refractivity contribution in [3.8, 4) is 0 Å². The minimum absolute atomic E-state index is 0.0694. The molecule has 3 rings (SSSR count). The van der Waals surface area contributed by atoms with E-state index < -0.39 is 5.54 Å². The first-order valence-electron chi connectivity index (χ1n) is 6.36. The van der Waals surface area contributed by atoms with Crippen molar-refractivity contribution in [3.05, 3.63) is 62.8 Å². The standard InChI is InChI=1S/C15H17N2O/c1-3-11-10-6-9(2)8-15(11,16)12-4-5-14(18)17-13(12)7-10/h3-6,10,16H,7-8H2,1-2H3,(H,17,18)/q-1/b11-3+/t10?,15-/m1/s1. The molecule has 0 fully saturated rings. The predicted octanol–water partition coefficient (Wildman–Crippen LogP) is 3.09. The topological polar surface area (TPSA) is 56.7 Å². The molecule has 18 heavy (non-hydrogen) atoms. The Morgan fingerprint density at radius 1 is 1.50 bits per heavy atom. The number of H-pyrrole nitrogens is 1. The second-order valence-electron chi connectivity index (χ2n) is 5.36. The summed E-state index contributed by atoms with van der Waals surface area (Å²) in [6.07, 6.45) is 5.86. The van der Waals surface area contributed by atoms with Crippen molar-refractivity contribution in [1.82, 2.24) is 4.98 Å². The second kappa shape index (κ2) is 3.69. The second-order valence-corrected chi connectivity index (χ2v) is 5.36. The van der Waals surface area contributed by atoms with Gasteiger partial charge in [-0.1, -0.05) is 34.9 Å². The zero-order valence-electron chi connectivity index (χ0n) is 10.7. The van der Waals surface area contributed by atoms with Gasteiger partial charge in [-0.2, -0.15) is 0 Å². The first-order valence-corrected chi connectivity index (χ1v) is 6.36. The molecule has 0 spiro atoms. The van der Waals surface area contributed by atoms with Crippen molar-refractivity contribution < 1.29 is 0 Å². The van der Waals surface area contributed by atoms with Crippen LogP contribution < -0.4 is 5.56 Å². The molecule has 1 unspecified atom stereocenters. The number of rotatable bonds is 0. The smallest absolute Gasteiger partial charge is 0.248 e. The molecule has 0 saturated carbocycles. The van der Waals surface area contributed by atoms with E-state index in [1.165, 1.54) is 17.2 Å². The van der Waals surface area contributed by atoms with Gasteiger partial charge in [-0.25, -0.2) is 0 Å². The SMILES string of the molecule is C/C=C1\C2C=C(C)C[C@]1([NH-])c1ccc(=O)[nH]c1C2. The number of hydrogen-bond acceptors (Lipinski definition) is 1. The Labute approximate surface area is 106 Å². The van der Waals surface area contributed by atoms with E-state index in [-0.39, 0.29) is 11.5 Å². The van der Waals surface area contributed by atoms with Crippen molar-refractivity contribution in [2.75, 3.05) is 0 Å². The molecule has 3 heteroatoms. The third-order valence-electron chi connectivity index (χ3n) is 4.12. The average Bonchev–Trinajstić information content (AvgIpc) is 2.26. The summed E-state index contributed by atoms with van der Waals surface area (Å²) in [4.78, 5) is 14.3. The number of pyridine rings is 1. The van der Waals surface area contributed by atoms with Crippen LogP contribution in [0.15, 0.2) is 40.2 Å². The van der Waals surface area contributed by atoms with Crippen LogP contribution in [0.5, 0.6) is 0 Å². The fourth-order valence-corrected chi connectivity index (χ4v) is 3.51. The van der Waals surface area contributed by atoms with E-state index in [0.717, 1.165) is 24.1 Å². The van der Waals surface area contributed by atoms with E-state index >= 15 is 0 Å². The van der Waals surface area contributed by atoms with Crippen LogP contribution in [0.3, 0.4) is 0 Å². The molecule has 0 saturated heterocycles. The van der Waals surface area contributed by atoms with E-state index in [4.69, 9.17) is 5.73 Å². The highest BCUT2D eigenvalue weighted by Crippen LogP contribution is 2.51. The maximum absolute atomic E-state index is 11.4. The number of aromatic amines is 1. The Bertz CT molecular complexity index is 624. The van der Waals surface area contributed by atoms with E-state index in [0.29, 0.717) is 0 Å². The summed E-state index contributed by atoms with van der Waals surface area (Å²) in [5, 5.41) is 0. The quantitative estimate of drug-likeness (QED) is 0.697. The van der Waals surface area contributed by atoms with Gasteiger partial charge in [0, 0.05) is 17.7 Å². The highest BCUT2D eigenvalue weighted by atomic mass is 16.1. The monoisotopic (exact) mass is 241 g/mol. The highest BCUT2D eigenvalue weighted by Gasteiger charge is 2.38. The van der Waals surface area contributed by atoms with Crippen LogP contribution in [0.25, 0.3) is 5.73 Å². The van der Waals surface area contributed by atoms with E-state index in [1.807, 2.05) is 13.0 Å². The molecule has 0 aromatic carbocycles. The molecule has 3 nitrogen and oxygen atoms in total. The van der Waals surface area contributed by atoms with Gasteiger partial charge in [0.2, 0.25) is 5.56 Å². The van der Waals surface area contributed by atoms with Gasteiger partial charge in [0.25, 0.3) is 0 Å². The van der Waals surface area contributed by atoms with Crippen LogP contribution in [0, 0.1) is 5.92 Å². The molecular weight excluding hydrogens is 224 g/mol. The molecule has 0 amide bonds. The lowest BCUT2D eigenvalue weighted by Crippen LogP contribution is -2.39. The van der Waals surface area contributed by atoms with Crippen molar-refractivity contribution in [1.29, 1.82) is 0 Å². The molecule has 94 valence electrons. The lowest BCUT2D eigenvalue weighted by atomic mass is 9.63. The molecular formula is C15H17N2O-. The third-order valence-corrected chi connectivity index (χ3v) is 4.12. The maximum atomic E-state index is 11.4. The summed E-state index contributed by atoms with van der Waals surface area (Å²) in [7, 11) is 0. The molecule has 2 N–H and O–H groups in total. The largest absolute Gasteiger partial charge is 0.664 e. The maximum Gasteiger partial charge on any atom is 0.248 e. The van der Waals surface area contributed by atoms with Gasteiger partial charge in [0.05, 0.1) is 0 Å². The fraction of sp³-hybridized carbons (Fsp3) is 0.400. The number of allylic oxidation sites excluding steroid dienone is 2. The normalized spacial score (nSPS) is 32.1. The van der Waals surface area contributed by atoms with Gasteiger partial charge in [0.1, 0.15) is 0 Å². The zero-order chi connectivity index (χ0) is 12.9. The Kier molecular flexibility index (Phi) is 2.35. The van der Waals surface area contributed by atoms with Gasteiger partial charge in [-0.3, -0.25) is 4.79 Å². The minimum atomic E-state index is -0.684. The van der Waals surface area contributed by atoms with E-state index in [2.05, 4.69) is 24.1 Å². The van der Waals surface area contributed by atoms with Crippen LogP contribution in [0.1, 0.15) is 31.5 Å². The van der Waals surface area contributed by atoms with Crippen molar-refractivity contribution in [2.45, 2.75) is 32.2 Å². The molecule has 0 radical (unpaired) electrons. The lowest BCUT2D eigenvalue weighted by Gasteiger charge is -2.52. The van der Waals surface area contributed by atoms with Crippen LogP contribution in [-0.4, -0.2) is 4.98 Å². The molecule has 2 bridgehead atoms. The Balaban J connectivity index is 2.28. The van der Waals surface area contributed by atoms with Gasteiger partial charge in [-0.05, 0) is 32.3 Å². The fourth-order valence-electron chi connectivity index (χ4n) is 3.51. The minimum Gasteiger partial charge on any atom is -0.664 e. The van der Waals surface area contributed by atoms with Crippen LogP contribution in [0.2, 0.25) is 0 Å². The molecule has 1 heterocycles. The molecule has 0 aliphatic heterocycles. The lowest BCUT2D eigenvalue weighted by molar-refractivity contribution is 0.470. The zero-order valence-corrected chi connectivity index (χ0v) is 10.7.